The summed E-state index contributed by atoms with van der Waals surface area (Å²) in [6.45, 7) is 4.23. The molecule has 0 fully saturated rings. The van der Waals surface area contributed by atoms with Crippen molar-refractivity contribution >= 4 is 11.6 Å². The van der Waals surface area contributed by atoms with E-state index in [1.165, 1.54) is 23.8 Å². The molecule has 0 bridgehead atoms. The van der Waals surface area contributed by atoms with Crippen molar-refractivity contribution in [1.82, 2.24) is 0 Å². The second kappa shape index (κ2) is 6.36. The molecule has 20 heavy (non-hydrogen) atoms. The van der Waals surface area contributed by atoms with Crippen molar-refractivity contribution in [1.29, 1.82) is 0 Å². The van der Waals surface area contributed by atoms with Crippen LogP contribution in [-0.2, 0) is 6.42 Å². The fraction of sp³-hybridized carbons (Fsp3) is 0.294. The Kier molecular flexibility index (Phi) is 4.77. The average Bonchev–Trinajstić information content (AvgIpc) is 2.43. The van der Waals surface area contributed by atoms with Crippen molar-refractivity contribution in [3.63, 3.8) is 0 Å². The van der Waals surface area contributed by atoms with Crippen molar-refractivity contribution in [3.8, 4) is 0 Å². The molecule has 0 N–H and O–H groups in total. The standard InChI is InChI=1S/C17H17ClF2/c1-11(2)12-6-8-13(9-7-12)15(18)10-14-16(19)4-3-5-17(14)20/h3-9,11,15H,10H2,1-2H3. The van der Waals surface area contributed by atoms with Gasteiger partial charge in [0.15, 0.2) is 0 Å². The highest BCUT2D eigenvalue weighted by molar-refractivity contribution is 6.20. The molecule has 0 aliphatic heterocycles. The summed E-state index contributed by atoms with van der Waals surface area (Å²) in [5, 5.41) is -0.442. The third kappa shape index (κ3) is 3.37. The minimum Gasteiger partial charge on any atom is -0.207 e. The molecule has 0 amide bonds. The lowest BCUT2D eigenvalue weighted by Crippen LogP contribution is -2.02. The van der Waals surface area contributed by atoms with Crippen LogP contribution in [0.3, 0.4) is 0 Å². The van der Waals surface area contributed by atoms with Crippen molar-refractivity contribution < 1.29 is 8.78 Å². The van der Waals surface area contributed by atoms with Crippen LogP contribution in [0.4, 0.5) is 8.78 Å². The monoisotopic (exact) mass is 294 g/mol. The van der Waals surface area contributed by atoms with Crippen LogP contribution in [0.1, 0.15) is 41.8 Å². The van der Waals surface area contributed by atoms with Gasteiger partial charge in [-0.3, -0.25) is 0 Å². The Morgan fingerprint density at radius 1 is 0.900 bits per heavy atom. The summed E-state index contributed by atoms with van der Waals surface area (Å²) in [5.74, 6) is -0.647. The molecule has 3 heteroatoms. The van der Waals surface area contributed by atoms with Crippen molar-refractivity contribution in [2.45, 2.75) is 31.6 Å². The van der Waals surface area contributed by atoms with Gasteiger partial charge in [0, 0.05) is 5.56 Å². The topological polar surface area (TPSA) is 0 Å². The Morgan fingerprint density at radius 3 is 1.90 bits per heavy atom. The molecule has 1 unspecified atom stereocenters. The van der Waals surface area contributed by atoms with Gasteiger partial charge < -0.3 is 0 Å². The molecule has 0 aliphatic rings. The van der Waals surface area contributed by atoms with Gasteiger partial charge >= 0.3 is 0 Å². The zero-order chi connectivity index (χ0) is 14.7. The predicted octanol–water partition coefficient (Wildman–Crippen LogP) is 5.61. The van der Waals surface area contributed by atoms with E-state index >= 15 is 0 Å². The van der Waals surface area contributed by atoms with Crippen LogP contribution >= 0.6 is 11.6 Å². The molecule has 0 nitrogen and oxygen atoms in total. The maximum absolute atomic E-state index is 13.6. The summed E-state index contributed by atoms with van der Waals surface area (Å²) in [7, 11) is 0. The van der Waals surface area contributed by atoms with Crippen LogP contribution in [0.25, 0.3) is 0 Å². The van der Waals surface area contributed by atoms with Crippen LogP contribution < -0.4 is 0 Å². The molecule has 0 spiro atoms. The molecule has 0 aliphatic carbocycles. The number of hydrogen-bond donors (Lipinski definition) is 0. The fourth-order valence-corrected chi connectivity index (χ4v) is 2.41. The third-order valence-electron chi connectivity index (χ3n) is 3.41. The Morgan fingerprint density at radius 2 is 1.40 bits per heavy atom. The lowest BCUT2D eigenvalue weighted by molar-refractivity contribution is 0.553. The second-order valence-electron chi connectivity index (χ2n) is 5.19. The Labute approximate surface area is 123 Å². The van der Waals surface area contributed by atoms with E-state index in [2.05, 4.69) is 13.8 Å². The third-order valence-corrected chi connectivity index (χ3v) is 3.82. The summed E-state index contributed by atoms with van der Waals surface area (Å²) in [5.41, 5.74) is 2.13. The van der Waals surface area contributed by atoms with Gasteiger partial charge in [0.1, 0.15) is 11.6 Å². The first-order chi connectivity index (χ1) is 9.49. The van der Waals surface area contributed by atoms with Gasteiger partial charge in [-0.15, -0.1) is 11.6 Å². The number of halogens is 3. The largest absolute Gasteiger partial charge is 0.207 e. The van der Waals surface area contributed by atoms with Crippen LogP contribution in [0, 0.1) is 11.6 Å². The molecule has 106 valence electrons. The van der Waals surface area contributed by atoms with E-state index in [-0.39, 0.29) is 12.0 Å². The maximum Gasteiger partial charge on any atom is 0.129 e. The second-order valence-corrected chi connectivity index (χ2v) is 5.72. The van der Waals surface area contributed by atoms with Crippen molar-refractivity contribution in [2.75, 3.05) is 0 Å². The lowest BCUT2D eigenvalue weighted by atomic mass is 9.98. The zero-order valence-electron chi connectivity index (χ0n) is 11.5. The maximum atomic E-state index is 13.6. The predicted molar refractivity (Wildman–Crippen MR) is 79.2 cm³/mol. The number of rotatable bonds is 4. The van der Waals surface area contributed by atoms with E-state index in [9.17, 15) is 8.78 Å². The molecule has 0 radical (unpaired) electrons. The molecule has 0 saturated heterocycles. The highest BCUT2D eigenvalue weighted by atomic mass is 35.5. The molecule has 2 aromatic rings. The van der Waals surface area contributed by atoms with Crippen molar-refractivity contribution in [3.05, 3.63) is 70.8 Å². The summed E-state index contributed by atoms with van der Waals surface area (Å²) < 4.78 is 27.2. The van der Waals surface area contributed by atoms with Crippen molar-refractivity contribution in [2.24, 2.45) is 0 Å². The molecule has 0 saturated carbocycles. The van der Waals surface area contributed by atoms with E-state index < -0.39 is 17.0 Å². The first kappa shape index (κ1) is 15.0. The highest BCUT2D eigenvalue weighted by Crippen LogP contribution is 2.28. The van der Waals surface area contributed by atoms with Gasteiger partial charge in [-0.2, -0.15) is 0 Å². The lowest BCUT2D eigenvalue weighted by Gasteiger charge is -2.13. The zero-order valence-corrected chi connectivity index (χ0v) is 12.3. The first-order valence-electron chi connectivity index (χ1n) is 6.66. The molecule has 0 heterocycles. The molecular formula is C17H17ClF2. The molecule has 1 atom stereocenters. The van der Waals surface area contributed by atoms with E-state index in [0.717, 1.165) is 5.56 Å². The van der Waals surface area contributed by atoms with Gasteiger partial charge in [0.2, 0.25) is 0 Å². The molecule has 2 aromatic carbocycles. The highest BCUT2D eigenvalue weighted by Gasteiger charge is 2.15. The van der Waals surface area contributed by atoms with E-state index in [0.29, 0.717) is 5.92 Å². The quantitative estimate of drug-likeness (QED) is 0.643. The molecular weight excluding hydrogens is 278 g/mol. The van der Waals surface area contributed by atoms with E-state index in [1.54, 1.807) is 0 Å². The number of hydrogen-bond acceptors (Lipinski definition) is 0. The molecule has 0 aromatic heterocycles. The van der Waals surface area contributed by atoms with Crippen LogP contribution in [-0.4, -0.2) is 0 Å². The first-order valence-corrected chi connectivity index (χ1v) is 7.09. The number of alkyl halides is 1. The minimum atomic E-state index is -0.547. The number of benzene rings is 2. The summed E-state index contributed by atoms with van der Waals surface area (Å²) in [6.07, 6.45) is 0.140. The van der Waals surface area contributed by atoms with Gasteiger partial charge in [-0.25, -0.2) is 8.78 Å². The van der Waals surface area contributed by atoms with E-state index in [1.807, 2.05) is 24.3 Å². The SMILES string of the molecule is CC(C)c1ccc(C(Cl)Cc2c(F)cccc2F)cc1. The Bertz CT molecular complexity index is 556. The van der Waals surface area contributed by atoms with Gasteiger partial charge in [0.05, 0.1) is 5.38 Å². The van der Waals surface area contributed by atoms with Crippen LogP contribution in [0.15, 0.2) is 42.5 Å². The summed E-state index contributed by atoms with van der Waals surface area (Å²) in [6, 6.07) is 11.7. The average molecular weight is 295 g/mol. The minimum absolute atomic E-state index is 0.0421. The van der Waals surface area contributed by atoms with Crippen LogP contribution in [0.5, 0.6) is 0 Å². The van der Waals surface area contributed by atoms with Gasteiger partial charge in [-0.05, 0) is 35.6 Å². The summed E-state index contributed by atoms with van der Waals surface area (Å²) in [4.78, 5) is 0. The van der Waals surface area contributed by atoms with Gasteiger partial charge in [-0.1, -0.05) is 44.2 Å². The van der Waals surface area contributed by atoms with Crippen LogP contribution in [0.2, 0.25) is 0 Å². The smallest absolute Gasteiger partial charge is 0.129 e. The van der Waals surface area contributed by atoms with Gasteiger partial charge in [0.25, 0.3) is 0 Å². The fourth-order valence-electron chi connectivity index (χ4n) is 2.11. The van der Waals surface area contributed by atoms with E-state index in [4.69, 9.17) is 11.6 Å². The normalized spacial score (nSPS) is 12.7. The molecule has 2 rings (SSSR count). The summed E-state index contributed by atoms with van der Waals surface area (Å²) >= 11 is 6.28. The Balaban J connectivity index is 2.17. The Hall–Kier alpha value is -1.41.